The molecule has 15 nitrogen and oxygen atoms in total. The van der Waals surface area contributed by atoms with Crippen molar-refractivity contribution in [2.24, 2.45) is 11.5 Å². The van der Waals surface area contributed by atoms with E-state index in [4.69, 9.17) is 11.5 Å². The molecule has 0 spiro atoms. The SMILES string of the molecule is CC(=O)NCCC[C@@H](NC(=O)[C@@H](N)Cc1ccc(O)cc1)C(=O)NCC(=O)N[C@@H](Cc1ccc([N+](=O)[O-])cc1)C(N)=O. The normalized spacial score (nSPS) is 12.7. The lowest BCUT2D eigenvalue weighted by Gasteiger charge is -2.21. The second-order valence-corrected chi connectivity index (χ2v) is 9.53. The monoisotopic (exact) mass is 585 g/mol. The Bertz CT molecular complexity index is 1270. The number of amides is 5. The molecule has 0 unspecified atom stereocenters. The molecule has 0 fully saturated rings. The van der Waals surface area contributed by atoms with Crippen LogP contribution in [0.25, 0.3) is 0 Å². The van der Waals surface area contributed by atoms with Crippen LogP contribution < -0.4 is 32.7 Å². The van der Waals surface area contributed by atoms with Crippen molar-refractivity contribution in [3.05, 3.63) is 69.8 Å². The summed E-state index contributed by atoms with van der Waals surface area (Å²) < 4.78 is 0. The van der Waals surface area contributed by atoms with Gasteiger partial charge >= 0.3 is 0 Å². The van der Waals surface area contributed by atoms with Gasteiger partial charge < -0.3 is 37.8 Å². The number of nitrogens with one attached hydrogen (secondary N) is 4. The van der Waals surface area contributed by atoms with Gasteiger partial charge in [0.05, 0.1) is 17.5 Å². The fourth-order valence-electron chi connectivity index (χ4n) is 3.84. The molecule has 2 aromatic rings. The Balaban J connectivity index is 1.97. The number of hydrogen-bond donors (Lipinski definition) is 7. The van der Waals surface area contributed by atoms with Crippen LogP contribution in [0.1, 0.15) is 30.9 Å². The number of primary amides is 1. The predicted octanol–water partition coefficient (Wildman–Crippen LogP) is -1.10. The standard InChI is InChI=1S/C27H35N7O8/c1-16(35)30-12-2-3-22(33-26(39)21(28)13-17-6-10-20(36)11-7-17)27(40)31-15-24(37)32-23(25(29)38)14-18-4-8-19(9-5-18)34(41)42/h4-11,21-23,36H,2-3,12-15,28H2,1H3,(H2,29,38)(H,30,35)(H,31,40)(H,32,37)(H,33,39)/t21-,22+,23-/m0/s1. The van der Waals surface area contributed by atoms with Gasteiger partial charge in [-0.2, -0.15) is 0 Å². The fraction of sp³-hybridized carbons (Fsp3) is 0.370. The van der Waals surface area contributed by atoms with Gasteiger partial charge in [-0.15, -0.1) is 0 Å². The summed E-state index contributed by atoms with van der Waals surface area (Å²) in [4.78, 5) is 71.5. The van der Waals surface area contributed by atoms with Crippen LogP contribution in [0.4, 0.5) is 5.69 Å². The van der Waals surface area contributed by atoms with Crippen LogP contribution in [0.2, 0.25) is 0 Å². The Morgan fingerprint density at radius 2 is 1.48 bits per heavy atom. The molecule has 0 aliphatic heterocycles. The minimum atomic E-state index is -1.15. The van der Waals surface area contributed by atoms with E-state index in [1.165, 1.54) is 43.3 Å². The Hall–Kier alpha value is -5.05. The van der Waals surface area contributed by atoms with E-state index in [0.29, 0.717) is 17.5 Å². The molecule has 0 aromatic heterocycles. The van der Waals surface area contributed by atoms with Gasteiger partial charge in [0.15, 0.2) is 0 Å². The van der Waals surface area contributed by atoms with Crippen LogP contribution in [0, 0.1) is 10.1 Å². The molecular formula is C27H35N7O8. The van der Waals surface area contributed by atoms with Gasteiger partial charge in [0.25, 0.3) is 5.69 Å². The number of hydrogen-bond acceptors (Lipinski definition) is 9. The maximum atomic E-state index is 12.9. The first-order valence-electron chi connectivity index (χ1n) is 13.0. The van der Waals surface area contributed by atoms with E-state index in [1.807, 2.05) is 0 Å². The number of carbonyl (C=O) groups excluding carboxylic acids is 5. The van der Waals surface area contributed by atoms with Gasteiger partial charge in [0, 0.05) is 32.0 Å². The summed E-state index contributed by atoms with van der Waals surface area (Å²) in [5, 5.41) is 30.2. The van der Waals surface area contributed by atoms with E-state index in [0.717, 1.165) is 0 Å². The highest BCUT2D eigenvalue weighted by atomic mass is 16.6. The van der Waals surface area contributed by atoms with E-state index >= 15 is 0 Å². The van der Waals surface area contributed by atoms with E-state index in [-0.39, 0.29) is 43.2 Å². The first-order valence-corrected chi connectivity index (χ1v) is 13.0. The molecule has 0 saturated carbocycles. The summed E-state index contributed by atoms with van der Waals surface area (Å²) in [7, 11) is 0. The highest BCUT2D eigenvalue weighted by Gasteiger charge is 2.25. The Labute approximate surface area is 241 Å². The maximum Gasteiger partial charge on any atom is 0.269 e. The highest BCUT2D eigenvalue weighted by Crippen LogP contribution is 2.13. The minimum Gasteiger partial charge on any atom is -0.508 e. The number of nitrogens with zero attached hydrogens (tertiary/aromatic N) is 1. The van der Waals surface area contributed by atoms with Gasteiger partial charge in [-0.3, -0.25) is 34.1 Å². The minimum absolute atomic E-state index is 0.0340. The molecule has 42 heavy (non-hydrogen) atoms. The van der Waals surface area contributed by atoms with Crippen molar-refractivity contribution < 1.29 is 34.0 Å². The lowest BCUT2D eigenvalue weighted by Crippen LogP contribution is -2.54. The van der Waals surface area contributed by atoms with Gasteiger partial charge in [0.2, 0.25) is 29.5 Å². The van der Waals surface area contributed by atoms with Crippen molar-refractivity contribution in [1.82, 2.24) is 21.3 Å². The molecule has 226 valence electrons. The number of aromatic hydroxyl groups is 1. The van der Waals surface area contributed by atoms with Crippen molar-refractivity contribution in [3.8, 4) is 5.75 Å². The van der Waals surface area contributed by atoms with Gasteiger partial charge in [-0.1, -0.05) is 24.3 Å². The predicted molar refractivity (Wildman–Crippen MR) is 151 cm³/mol. The largest absolute Gasteiger partial charge is 0.508 e. The number of non-ortho nitro benzene ring substituents is 1. The molecule has 0 saturated heterocycles. The van der Waals surface area contributed by atoms with Crippen LogP contribution in [0.15, 0.2) is 48.5 Å². The summed E-state index contributed by atoms with van der Waals surface area (Å²) in [5.41, 5.74) is 12.5. The summed E-state index contributed by atoms with van der Waals surface area (Å²) in [6.45, 7) is 1.05. The molecule has 5 amide bonds. The third kappa shape index (κ3) is 11.6. The fourth-order valence-corrected chi connectivity index (χ4v) is 3.84. The molecule has 0 heterocycles. The Morgan fingerprint density at radius 1 is 0.881 bits per heavy atom. The topological polar surface area (TPSA) is 249 Å². The molecule has 0 bridgehead atoms. The number of nitrogens with two attached hydrogens (primary N) is 2. The summed E-state index contributed by atoms with van der Waals surface area (Å²) >= 11 is 0. The lowest BCUT2D eigenvalue weighted by molar-refractivity contribution is -0.384. The molecule has 2 aromatic carbocycles. The molecule has 3 atom stereocenters. The number of benzene rings is 2. The van der Waals surface area contributed by atoms with Crippen molar-refractivity contribution in [1.29, 1.82) is 0 Å². The summed E-state index contributed by atoms with van der Waals surface area (Å²) in [6.07, 6.45) is 0.553. The zero-order chi connectivity index (χ0) is 31.2. The smallest absolute Gasteiger partial charge is 0.269 e. The van der Waals surface area contributed by atoms with Crippen molar-refractivity contribution >= 4 is 35.2 Å². The quantitative estimate of drug-likeness (QED) is 0.0716. The van der Waals surface area contributed by atoms with E-state index in [2.05, 4.69) is 21.3 Å². The summed E-state index contributed by atoms with van der Waals surface area (Å²) in [5.74, 6) is -3.09. The third-order valence-corrected chi connectivity index (χ3v) is 6.09. The maximum absolute atomic E-state index is 12.9. The lowest BCUT2D eigenvalue weighted by atomic mass is 10.0. The average Bonchev–Trinajstić information content (AvgIpc) is 2.94. The van der Waals surface area contributed by atoms with E-state index < -0.39 is 53.2 Å². The second kappa shape index (κ2) is 16.3. The summed E-state index contributed by atoms with van der Waals surface area (Å²) in [6, 6.07) is 8.26. The Kier molecular flexibility index (Phi) is 12.8. The number of carbonyl (C=O) groups is 5. The van der Waals surface area contributed by atoms with Gasteiger partial charge in [-0.25, -0.2) is 0 Å². The number of rotatable bonds is 16. The molecule has 9 N–H and O–H groups in total. The molecule has 15 heteroatoms. The molecule has 0 aliphatic carbocycles. The molecular weight excluding hydrogens is 550 g/mol. The van der Waals surface area contributed by atoms with Crippen LogP contribution >= 0.6 is 0 Å². The molecule has 0 aliphatic rings. The average molecular weight is 586 g/mol. The van der Waals surface area contributed by atoms with Gasteiger partial charge in [0.1, 0.15) is 17.8 Å². The van der Waals surface area contributed by atoms with Crippen LogP contribution in [-0.2, 0) is 36.8 Å². The van der Waals surface area contributed by atoms with E-state index in [1.54, 1.807) is 12.1 Å². The van der Waals surface area contributed by atoms with Crippen molar-refractivity contribution in [3.63, 3.8) is 0 Å². The Morgan fingerprint density at radius 3 is 2.05 bits per heavy atom. The first-order chi connectivity index (χ1) is 19.8. The highest BCUT2D eigenvalue weighted by molar-refractivity contribution is 5.93. The zero-order valence-electron chi connectivity index (χ0n) is 23.0. The second-order valence-electron chi connectivity index (χ2n) is 9.53. The zero-order valence-corrected chi connectivity index (χ0v) is 23.0. The first kappa shape index (κ1) is 33.2. The molecule has 2 rings (SSSR count). The van der Waals surface area contributed by atoms with Crippen LogP contribution in [0.3, 0.4) is 0 Å². The number of phenolic OH excluding ortho intramolecular Hbond substituents is 1. The van der Waals surface area contributed by atoms with Crippen LogP contribution in [0.5, 0.6) is 5.75 Å². The van der Waals surface area contributed by atoms with E-state index in [9.17, 15) is 39.2 Å². The molecule has 0 radical (unpaired) electrons. The van der Waals surface area contributed by atoms with Crippen molar-refractivity contribution in [2.45, 2.75) is 50.7 Å². The van der Waals surface area contributed by atoms with Crippen molar-refractivity contribution in [2.75, 3.05) is 13.1 Å². The number of phenols is 1. The van der Waals surface area contributed by atoms with Crippen LogP contribution in [-0.4, -0.2) is 70.8 Å². The third-order valence-electron chi connectivity index (χ3n) is 6.09. The number of nitro groups is 1. The van der Waals surface area contributed by atoms with Gasteiger partial charge in [-0.05, 0) is 42.5 Å². The number of nitro benzene ring substituents is 1.